The molecule has 0 spiro atoms. The van der Waals surface area contributed by atoms with Crippen LogP contribution in [-0.4, -0.2) is 74.1 Å². The summed E-state index contributed by atoms with van der Waals surface area (Å²) in [5.74, 6) is 0.767. The maximum atomic E-state index is 2.71. The zero-order valence-corrected chi connectivity index (χ0v) is 12.4. The Hall–Kier alpha value is -0.120. The molecule has 0 amide bonds. The maximum absolute atomic E-state index is 2.71. The van der Waals surface area contributed by atoms with Crippen LogP contribution in [0.4, 0.5) is 0 Å². The van der Waals surface area contributed by atoms with E-state index in [1.54, 1.807) is 0 Å². The van der Waals surface area contributed by atoms with Crippen molar-refractivity contribution in [1.82, 2.24) is 14.7 Å². The smallest absolute Gasteiger partial charge is 0.0246 e. The molecule has 3 heteroatoms. The number of nitrogens with zero attached hydrogens (tertiary/aromatic N) is 3. The molecule has 1 aliphatic heterocycles. The molecule has 1 fully saturated rings. The lowest BCUT2D eigenvalue weighted by molar-refractivity contribution is 0.0506. The molecule has 0 aromatic heterocycles. The van der Waals surface area contributed by atoms with Crippen LogP contribution in [0.15, 0.2) is 0 Å². The van der Waals surface area contributed by atoms with Crippen LogP contribution in [0.5, 0.6) is 0 Å². The number of rotatable bonds is 6. The monoisotopic (exact) mass is 241 g/mol. The van der Waals surface area contributed by atoms with Gasteiger partial charge in [0.25, 0.3) is 0 Å². The lowest BCUT2D eigenvalue weighted by Gasteiger charge is -2.43. The van der Waals surface area contributed by atoms with Gasteiger partial charge >= 0.3 is 0 Å². The highest BCUT2D eigenvalue weighted by molar-refractivity contribution is 4.83. The minimum absolute atomic E-state index is 0.755. The van der Waals surface area contributed by atoms with E-state index in [0.717, 1.165) is 12.0 Å². The number of hydrogen-bond acceptors (Lipinski definition) is 3. The third kappa shape index (κ3) is 4.94. The summed E-state index contributed by atoms with van der Waals surface area (Å²) in [5, 5.41) is 0. The summed E-state index contributed by atoms with van der Waals surface area (Å²) in [6, 6.07) is 0.755. The Labute approximate surface area is 108 Å². The molecule has 0 aromatic carbocycles. The van der Waals surface area contributed by atoms with Crippen molar-refractivity contribution in [1.29, 1.82) is 0 Å². The van der Waals surface area contributed by atoms with Crippen LogP contribution >= 0.6 is 0 Å². The average Bonchev–Trinajstić information content (AvgIpc) is 2.28. The molecule has 0 saturated carbocycles. The molecule has 3 nitrogen and oxygen atoms in total. The first-order valence-electron chi connectivity index (χ1n) is 7.15. The van der Waals surface area contributed by atoms with E-state index < -0.39 is 0 Å². The Balaban J connectivity index is 2.40. The van der Waals surface area contributed by atoms with Gasteiger partial charge in [0.15, 0.2) is 0 Å². The number of hydrogen-bond donors (Lipinski definition) is 0. The van der Waals surface area contributed by atoms with E-state index in [0.29, 0.717) is 0 Å². The van der Waals surface area contributed by atoms with Crippen molar-refractivity contribution in [2.75, 3.05) is 53.4 Å². The third-order valence-electron chi connectivity index (χ3n) is 3.89. The molecule has 1 heterocycles. The Morgan fingerprint density at radius 2 is 1.94 bits per heavy atom. The van der Waals surface area contributed by atoms with Crippen molar-refractivity contribution in [2.45, 2.75) is 33.2 Å². The highest BCUT2D eigenvalue weighted by atomic mass is 15.3. The van der Waals surface area contributed by atoms with Gasteiger partial charge in [0.1, 0.15) is 0 Å². The first kappa shape index (κ1) is 14.9. The second kappa shape index (κ2) is 7.34. The van der Waals surface area contributed by atoms with Crippen molar-refractivity contribution >= 4 is 0 Å². The van der Waals surface area contributed by atoms with E-state index >= 15 is 0 Å². The lowest BCUT2D eigenvalue weighted by atomic mass is 9.99. The molecular weight excluding hydrogens is 210 g/mol. The van der Waals surface area contributed by atoms with Gasteiger partial charge in [0.05, 0.1) is 0 Å². The molecule has 0 aromatic rings. The Bertz CT molecular complexity index is 204. The van der Waals surface area contributed by atoms with Gasteiger partial charge in [-0.05, 0) is 46.1 Å². The largest absolute Gasteiger partial charge is 0.309 e. The van der Waals surface area contributed by atoms with E-state index in [1.807, 2.05) is 0 Å². The van der Waals surface area contributed by atoms with E-state index in [4.69, 9.17) is 0 Å². The van der Waals surface area contributed by atoms with Crippen LogP contribution in [0.2, 0.25) is 0 Å². The van der Waals surface area contributed by atoms with E-state index in [9.17, 15) is 0 Å². The lowest BCUT2D eigenvalue weighted by Crippen LogP contribution is -2.55. The van der Waals surface area contributed by atoms with Crippen LogP contribution in [0.1, 0.15) is 27.2 Å². The van der Waals surface area contributed by atoms with Crippen LogP contribution in [-0.2, 0) is 0 Å². The summed E-state index contributed by atoms with van der Waals surface area (Å²) >= 11 is 0. The van der Waals surface area contributed by atoms with E-state index in [2.05, 4.69) is 49.6 Å². The summed E-state index contributed by atoms with van der Waals surface area (Å²) in [6.45, 7) is 14.4. The van der Waals surface area contributed by atoms with Crippen LogP contribution < -0.4 is 0 Å². The molecule has 0 N–H and O–H groups in total. The van der Waals surface area contributed by atoms with Crippen molar-refractivity contribution in [3.05, 3.63) is 0 Å². The standard InChI is InChI=1S/C14H31N3/c1-6-16-10-11-17(9-7-8-15(4)5)14(12-16)13(2)3/h13-14H,6-12H2,1-5H3/t14-/m1/s1. The molecule has 0 unspecified atom stereocenters. The second-order valence-electron chi connectivity index (χ2n) is 5.90. The fraction of sp³-hybridized carbons (Fsp3) is 1.00. The molecule has 1 aliphatic rings. The molecule has 0 radical (unpaired) electrons. The van der Waals surface area contributed by atoms with Crippen LogP contribution in [0, 0.1) is 5.92 Å². The van der Waals surface area contributed by atoms with Crippen molar-refractivity contribution < 1.29 is 0 Å². The van der Waals surface area contributed by atoms with Gasteiger partial charge < -0.3 is 9.80 Å². The van der Waals surface area contributed by atoms with Gasteiger partial charge in [-0.3, -0.25) is 4.90 Å². The normalized spacial score (nSPS) is 23.8. The summed E-state index contributed by atoms with van der Waals surface area (Å²) in [6.07, 6.45) is 1.29. The predicted molar refractivity (Wildman–Crippen MR) is 75.5 cm³/mol. The predicted octanol–water partition coefficient (Wildman–Crippen LogP) is 1.60. The zero-order chi connectivity index (χ0) is 12.8. The SMILES string of the molecule is CCN1CCN(CCCN(C)C)[C@@H](C(C)C)C1. The zero-order valence-electron chi connectivity index (χ0n) is 12.4. The maximum Gasteiger partial charge on any atom is 0.0246 e. The Kier molecular flexibility index (Phi) is 6.45. The number of likely N-dealkylation sites (N-methyl/N-ethyl adjacent to an activating group) is 1. The van der Waals surface area contributed by atoms with E-state index in [1.165, 1.54) is 45.7 Å². The molecule has 1 atom stereocenters. The average molecular weight is 241 g/mol. The van der Waals surface area contributed by atoms with Crippen molar-refractivity contribution in [2.24, 2.45) is 5.92 Å². The Morgan fingerprint density at radius 3 is 2.47 bits per heavy atom. The minimum Gasteiger partial charge on any atom is -0.309 e. The first-order valence-corrected chi connectivity index (χ1v) is 7.15. The molecule has 17 heavy (non-hydrogen) atoms. The molecule has 0 bridgehead atoms. The quantitative estimate of drug-likeness (QED) is 0.699. The van der Waals surface area contributed by atoms with Gasteiger partial charge in [0, 0.05) is 25.7 Å². The van der Waals surface area contributed by atoms with Crippen LogP contribution in [0.25, 0.3) is 0 Å². The van der Waals surface area contributed by atoms with Gasteiger partial charge in [0.2, 0.25) is 0 Å². The highest BCUT2D eigenvalue weighted by Gasteiger charge is 2.27. The number of piperazine rings is 1. The first-order chi connectivity index (χ1) is 8.04. The molecular formula is C14H31N3. The van der Waals surface area contributed by atoms with Gasteiger partial charge in [-0.1, -0.05) is 20.8 Å². The summed E-state index contributed by atoms with van der Waals surface area (Å²) < 4.78 is 0. The van der Waals surface area contributed by atoms with Gasteiger partial charge in [-0.2, -0.15) is 0 Å². The molecule has 102 valence electrons. The minimum atomic E-state index is 0.755. The van der Waals surface area contributed by atoms with Crippen LogP contribution in [0.3, 0.4) is 0 Å². The second-order valence-corrected chi connectivity index (χ2v) is 5.90. The van der Waals surface area contributed by atoms with Gasteiger partial charge in [-0.15, -0.1) is 0 Å². The highest BCUT2D eigenvalue weighted by Crippen LogP contribution is 2.17. The molecule has 1 saturated heterocycles. The summed E-state index contributed by atoms with van der Waals surface area (Å²) in [4.78, 5) is 7.58. The topological polar surface area (TPSA) is 9.72 Å². The summed E-state index contributed by atoms with van der Waals surface area (Å²) in [7, 11) is 4.32. The fourth-order valence-electron chi connectivity index (χ4n) is 2.69. The van der Waals surface area contributed by atoms with E-state index in [-0.39, 0.29) is 0 Å². The van der Waals surface area contributed by atoms with Crippen molar-refractivity contribution in [3.8, 4) is 0 Å². The summed E-state index contributed by atoms with van der Waals surface area (Å²) in [5.41, 5.74) is 0. The molecule has 1 rings (SSSR count). The fourth-order valence-corrected chi connectivity index (χ4v) is 2.69. The van der Waals surface area contributed by atoms with Crippen molar-refractivity contribution in [3.63, 3.8) is 0 Å². The van der Waals surface area contributed by atoms with Gasteiger partial charge in [-0.25, -0.2) is 0 Å². The Morgan fingerprint density at radius 1 is 1.24 bits per heavy atom. The molecule has 0 aliphatic carbocycles. The third-order valence-corrected chi connectivity index (χ3v) is 3.89.